The Kier molecular flexibility index (Phi) is 6.25. The molecule has 1 heterocycles. The number of nitrogens with two attached hydrogens (primary N) is 1. The highest BCUT2D eigenvalue weighted by molar-refractivity contribution is 6.03. The van der Waals surface area contributed by atoms with Gasteiger partial charge in [0.05, 0.1) is 11.4 Å². The summed E-state index contributed by atoms with van der Waals surface area (Å²) in [6.07, 6.45) is 4.88. The van der Waals surface area contributed by atoms with Gasteiger partial charge < -0.3 is 21.7 Å². The van der Waals surface area contributed by atoms with Gasteiger partial charge in [-0.1, -0.05) is 24.3 Å². The van der Waals surface area contributed by atoms with Crippen LogP contribution in [0, 0.1) is 0 Å². The molecule has 0 bridgehead atoms. The maximum absolute atomic E-state index is 12.0. The zero-order valence-electron chi connectivity index (χ0n) is 15.6. The van der Waals surface area contributed by atoms with E-state index in [9.17, 15) is 4.79 Å². The molecule has 28 heavy (non-hydrogen) atoms. The van der Waals surface area contributed by atoms with Crippen molar-refractivity contribution < 1.29 is 4.79 Å². The summed E-state index contributed by atoms with van der Waals surface area (Å²) in [5.41, 5.74) is 10.0. The molecular formula is C22H23N5O. The molecule has 1 aromatic heterocycles. The molecule has 0 spiro atoms. The first-order valence-corrected chi connectivity index (χ1v) is 8.94. The topological polar surface area (TPSA) is 92.1 Å². The number of aromatic nitrogens is 1. The number of nitrogen functional groups attached to an aromatic ring is 1. The number of pyridine rings is 1. The number of hydrogen-bond donors (Lipinski definition) is 4. The molecule has 0 saturated carbocycles. The number of hydrogen-bond acceptors (Lipinski definition) is 5. The predicted molar refractivity (Wildman–Crippen MR) is 116 cm³/mol. The number of rotatable bonds is 7. The number of carbonyl (C=O) groups is 1. The predicted octanol–water partition coefficient (Wildman–Crippen LogP) is 3.97. The van der Waals surface area contributed by atoms with Crippen LogP contribution in [0.25, 0.3) is 6.08 Å². The lowest BCUT2D eigenvalue weighted by Crippen LogP contribution is -2.09. The lowest BCUT2D eigenvalue weighted by molar-refractivity contribution is -0.111. The summed E-state index contributed by atoms with van der Waals surface area (Å²) in [5, 5.41) is 9.13. The summed E-state index contributed by atoms with van der Waals surface area (Å²) in [4.78, 5) is 16.4. The van der Waals surface area contributed by atoms with Crippen LogP contribution in [-0.4, -0.2) is 17.9 Å². The summed E-state index contributed by atoms with van der Waals surface area (Å²) in [7, 11) is 1.90. The molecule has 0 aliphatic rings. The first kappa shape index (κ1) is 19.0. The molecular weight excluding hydrogens is 350 g/mol. The third kappa shape index (κ3) is 5.35. The highest BCUT2D eigenvalue weighted by atomic mass is 16.1. The Balaban J connectivity index is 1.52. The van der Waals surface area contributed by atoms with E-state index in [-0.39, 0.29) is 5.91 Å². The third-order valence-corrected chi connectivity index (χ3v) is 4.15. The molecule has 0 radical (unpaired) electrons. The van der Waals surface area contributed by atoms with Crippen molar-refractivity contribution in [1.29, 1.82) is 0 Å². The Morgan fingerprint density at radius 2 is 1.86 bits per heavy atom. The van der Waals surface area contributed by atoms with E-state index in [1.54, 1.807) is 24.4 Å². The Hall–Kier alpha value is -3.80. The molecule has 3 rings (SSSR count). The number of nitrogens with zero attached hydrogens (tertiary/aromatic N) is 1. The van der Waals surface area contributed by atoms with Gasteiger partial charge in [-0.2, -0.15) is 0 Å². The van der Waals surface area contributed by atoms with Gasteiger partial charge in [-0.15, -0.1) is 0 Å². The van der Waals surface area contributed by atoms with E-state index in [1.807, 2.05) is 43.4 Å². The number of anilines is 4. The Bertz CT molecular complexity index is 949. The second-order valence-electron chi connectivity index (χ2n) is 6.19. The number of para-hydroxylation sites is 2. The summed E-state index contributed by atoms with van der Waals surface area (Å²) in [5.74, 6) is 0.529. The van der Waals surface area contributed by atoms with E-state index in [2.05, 4.69) is 33.1 Å². The van der Waals surface area contributed by atoms with Crippen molar-refractivity contribution in [2.24, 2.45) is 0 Å². The van der Waals surface area contributed by atoms with Crippen molar-refractivity contribution in [2.45, 2.75) is 6.54 Å². The number of carbonyl (C=O) groups excluding carboxylic acids is 1. The average molecular weight is 373 g/mol. The van der Waals surface area contributed by atoms with E-state index < -0.39 is 0 Å². The van der Waals surface area contributed by atoms with Crippen LogP contribution in [-0.2, 0) is 11.3 Å². The minimum atomic E-state index is -0.245. The van der Waals surface area contributed by atoms with Gasteiger partial charge in [0.15, 0.2) is 0 Å². The van der Waals surface area contributed by atoms with Crippen molar-refractivity contribution in [1.82, 2.24) is 4.98 Å². The van der Waals surface area contributed by atoms with Gasteiger partial charge in [-0.3, -0.25) is 4.79 Å². The van der Waals surface area contributed by atoms with Crippen molar-refractivity contribution in [2.75, 3.05) is 28.7 Å². The van der Waals surface area contributed by atoms with Crippen LogP contribution in [0.2, 0.25) is 0 Å². The van der Waals surface area contributed by atoms with Crippen LogP contribution in [0.4, 0.5) is 22.9 Å². The van der Waals surface area contributed by atoms with Gasteiger partial charge in [0.25, 0.3) is 0 Å². The van der Waals surface area contributed by atoms with Crippen LogP contribution < -0.4 is 21.7 Å². The Morgan fingerprint density at radius 1 is 1.07 bits per heavy atom. The fraction of sp³-hybridized carbons (Fsp3) is 0.0909. The highest BCUT2D eigenvalue weighted by Gasteiger charge is 2.01. The van der Waals surface area contributed by atoms with E-state index in [0.29, 0.717) is 17.9 Å². The quantitative estimate of drug-likeness (QED) is 0.371. The second kappa shape index (κ2) is 9.23. The van der Waals surface area contributed by atoms with Crippen LogP contribution in [0.1, 0.15) is 11.1 Å². The fourth-order valence-electron chi connectivity index (χ4n) is 2.55. The van der Waals surface area contributed by atoms with Crippen molar-refractivity contribution >= 4 is 34.9 Å². The minimum Gasteiger partial charge on any atom is -0.397 e. The van der Waals surface area contributed by atoms with E-state index in [1.165, 1.54) is 11.6 Å². The number of amides is 1. The number of benzene rings is 2. The summed E-state index contributed by atoms with van der Waals surface area (Å²) in [6, 6.07) is 19.1. The van der Waals surface area contributed by atoms with Crippen LogP contribution in [0.5, 0.6) is 0 Å². The average Bonchev–Trinajstić information content (AvgIpc) is 2.73. The van der Waals surface area contributed by atoms with Gasteiger partial charge in [-0.05, 0) is 53.6 Å². The smallest absolute Gasteiger partial charge is 0.248 e. The summed E-state index contributed by atoms with van der Waals surface area (Å²) >= 11 is 0. The molecule has 3 aromatic rings. The number of nitrogens with one attached hydrogen (secondary N) is 3. The van der Waals surface area contributed by atoms with E-state index >= 15 is 0 Å². The molecule has 6 nitrogen and oxygen atoms in total. The molecule has 142 valence electrons. The van der Waals surface area contributed by atoms with Crippen LogP contribution >= 0.6 is 0 Å². The largest absolute Gasteiger partial charge is 0.397 e. The normalized spacial score (nSPS) is 10.6. The lowest BCUT2D eigenvalue weighted by Gasteiger charge is -2.07. The molecule has 0 atom stereocenters. The van der Waals surface area contributed by atoms with Crippen molar-refractivity contribution in [3.63, 3.8) is 0 Å². The Labute approximate surface area is 164 Å². The van der Waals surface area contributed by atoms with Gasteiger partial charge in [0.1, 0.15) is 5.82 Å². The molecule has 0 fully saturated rings. The fourth-order valence-corrected chi connectivity index (χ4v) is 2.55. The molecule has 5 N–H and O–H groups in total. The summed E-state index contributed by atoms with van der Waals surface area (Å²) in [6.45, 7) is 0.688. The molecule has 1 amide bonds. The molecule has 6 heteroatoms. The minimum absolute atomic E-state index is 0.245. The zero-order chi connectivity index (χ0) is 19.8. The molecule has 2 aromatic carbocycles. The lowest BCUT2D eigenvalue weighted by atomic mass is 10.2. The maximum Gasteiger partial charge on any atom is 0.248 e. The standard InChI is InChI=1S/C22H23N5O/c1-24-18-10-6-16(7-11-18)14-25-21-12-8-17(15-26-21)9-13-22(28)27-20-5-3-2-4-19(20)23/h2-13,15,24H,14,23H2,1H3,(H,25,26)(H,27,28). The molecule has 0 aliphatic carbocycles. The van der Waals surface area contributed by atoms with Crippen molar-refractivity contribution in [3.8, 4) is 0 Å². The summed E-state index contributed by atoms with van der Waals surface area (Å²) < 4.78 is 0. The molecule has 0 saturated heterocycles. The highest BCUT2D eigenvalue weighted by Crippen LogP contribution is 2.17. The maximum atomic E-state index is 12.0. The van der Waals surface area contributed by atoms with E-state index in [0.717, 1.165) is 17.1 Å². The monoisotopic (exact) mass is 373 g/mol. The third-order valence-electron chi connectivity index (χ3n) is 4.15. The zero-order valence-corrected chi connectivity index (χ0v) is 15.6. The van der Waals surface area contributed by atoms with Crippen LogP contribution in [0.3, 0.4) is 0 Å². The SMILES string of the molecule is CNc1ccc(CNc2ccc(C=CC(=O)Nc3ccccc3N)cn2)cc1. The molecule has 0 unspecified atom stereocenters. The Morgan fingerprint density at radius 3 is 2.54 bits per heavy atom. The van der Waals surface area contributed by atoms with Gasteiger partial charge in [-0.25, -0.2) is 4.98 Å². The first-order chi connectivity index (χ1) is 13.6. The first-order valence-electron chi connectivity index (χ1n) is 8.94. The van der Waals surface area contributed by atoms with Crippen molar-refractivity contribution in [3.05, 3.63) is 84.1 Å². The van der Waals surface area contributed by atoms with Gasteiger partial charge in [0, 0.05) is 31.6 Å². The van der Waals surface area contributed by atoms with E-state index in [4.69, 9.17) is 5.73 Å². The van der Waals surface area contributed by atoms with Crippen LogP contribution in [0.15, 0.2) is 72.9 Å². The van der Waals surface area contributed by atoms with Gasteiger partial charge >= 0.3 is 0 Å². The second-order valence-corrected chi connectivity index (χ2v) is 6.19. The van der Waals surface area contributed by atoms with Gasteiger partial charge in [0.2, 0.25) is 5.91 Å². The molecule has 0 aliphatic heterocycles.